The van der Waals surface area contributed by atoms with Gasteiger partial charge in [-0.2, -0.15) is 4.98 Å². The van der Waals surface area contributed by atoms with Gasteiger partial charge in [0, 0.05) is 31.5 Å². The van der Waals surface area contributed by atoms with Crippen molar-refractivity contribution in [3.05, 3.63) is 46.4 Å². The maximum Gasteiger partial charge on any atom is 0.326 e. The van der Waals surface area contributed by atoms with Gasteiger partial charge in [-0.05, 0) is 51.0 Å². The lowest BCUT2D eigenvalue weighted by atomic mass is 10.2. The van der Waals surface area contributed by atoms with E-state index in [1.165, 1.54) is 0 Å². The summed E-state index contributed by atoms with van der Waals surface area (Å²) in [6, 6.07) is 7.00. The van der Waals surface area contributed by atoms with E-state index in [1.807, 2.05) is 36.1 Å². The van der Waals surface area contributed by atoms with Gasteiger partial charge >= 0.3 is 6.03 Å². The maximum atomic E-state index is 12.5. The zero-order valence-electron chi connectivity index (χ0n) is 16.8. The minimum atomic E-state index is -0.458. The number of carbonyl (C=O) groups is 1. The number of nitrogens with two attached hydrogens (primary N) is 1. The van der Waals surface area contributed by atoms with Gasteiger partial charge in [0.15, 0.2) is 0 Å². The number of aromatic amines is 1. The molecular weight excluding hydrogens is 370 g/mol. The summed E-state index contributed by atoms with van der Waals surface area (Å²) in [5.74, 6) is 0.115. The van der Waals surface area contributed by atoms with Gasteiger partial charge in [-0.3, -0.25) is 10.1 Å². The van der Waals surface area contributed by atoms with Crippen LogP contribution in [0.4, 0.5) is 22.1 Å². The second kappa shape index (κ2) is 10.0. The molecule has 1 aliphatic rings. The van der Waals surface area contributed by atoms with Gasteiger partial charge < -0.3 is 25.8 Å². The number of urea groups is 1. The van der Waals surface area contributed by atoms with Crippen LogP contribution in [0.2, 0.25) is 0 Å². The van der Waals surface area contributed by atoms with Crippen LogP contribution in [0.15, 0.2) is 35.3 Å². The molecule has 2 aromatic rings. The molecule has 9 nitrogen and oxygen atoms in total. The minimum Gasteiger partial charge on any atom is -0.364 e. The fourth-order valence-corrected chi connectivity index (χ4v) is 3.40. The number of aromatic nitrogens is 2. The average Bonchev–Trinajstić information content (AvgIpc) is 2.94. The first-order chi connectivity index (χ1) is 14.1. The maximum absolute atomic E-state index is 12.5. The number of nitrogens with zero attached hydrogens (tertiary/aromatic N) is 3. The molecule has 0 unspecified atom stereocenters. The van der Waals surface area contributed by atoms with Crippen LogP contribution >= 0.6 is 0 Å². The number of H-pyrrole nitrogens is 1. The molecule has 0 bridgehead atoms. The predicted octanol–water partition coefficient (Wildman–Crippen LogP) is 1.58. The SMILES string of the molecule is Cc1ccccc1NC(=O)Nc1nc(=O)c(N2CCCN(CCCN)CC2)c[nH]1. The predicted molar refractivity (Wildman–Crippen MR) is 116 cm³/mol. The van der Waals surface area contributed by atoms with Crippen molar-refractivity contribution < 1.29 is 4.79 Å². The Hall–Kier alpha value is -2.91. The first-order valence-electron chi connectivity index (χ1n) is 9.97. The lowest BCUT2D eigenvalue weighted by Crippen LogP contribution is -2.35. The molecule has 1 fully saturated rings. The zero-order valence-corrected chi connectivity index (χ0v) is 16.8. The number of benzene rings is 1. The number of nitrogens with one attached hydrogen (secondary N) is 3. The molecule has 29 heavy (non-hydrogen) atoms. The number of anilines is 3. The number of rotatable bonds is 6. The standard InChI is InChI=1S/C20H29N7O2/c1-15-6-2-3-7-16(15)23-20(29)25-19-22-14-17(18(28)24-19)27-11-5-10-26(12-13-27)9-4-8-21/h2-3,6-7,14H,4-5,8-13,21H2,1H3,(H3,22,23,24,25,28,29). The van der Waals surface area contributed by atoms with Crippen LogP contribution in [0.3, 0.4) is 0 Å². The molecule has 0 aliphatic carbocycles. The van der Waals surface area contributed by atoms with Crippen molar-refractivity contribution in [2.45, 2.75) is 19.8 Å². The second-order valence-corrected chi connectivity index (χ2v) is 7.16. The molecule has 1 saturated heterocycles. The Balaban J connectivity index is 1.60. The lowest BCUT2D eigenvalue weighted by Gasteiger charge is -2.22. The molecular formula is C20H29N7O2. The fourth-order valence-electron chi connectivity index (χ4n) is 3.40. The van der Waals surface area contributed by atoms with Gasteiger partial charge in [-0.15, -0.1) is 0 Å². The summed E-state index contributed by atoms with van der Waals surface area (Å²) in [7, 11) is 0. The highest BCUT2D eigenvalue weighted by atomic mass is 16.2. The Kier molecular flexibility index (Phi) is 7.20. The van der Waals surface area contributed by atoms with Crippen LogP contribution in [0, 0.1) is 6.92 Å². The quantitative estimate of drug-likeness (QED) is 0.586. The molecule has 1 aliphatic heterocycles. The summed E-state index contributed by atoms with van der Waals surface area (Å²) in [4.78, 5) is 36.1. The number of amides is 2. The number of para-hydroxylation sites is 1. The van der Waals surface area contributed by atoms with Gasteiger partial charge in [-0.25, -0.2) is 4.79 Å². The Morgan fingerprint density at radius 3 is 2.79 bits per heavy atom. The van der Waals surface area contributed by atoms with Crippen molar-refractivity contribution in [1.29, 1.82) is 0 Å². The van der Waals surface area contributed by atoms with Crippen LogP contribution in [-0.4, -0.2) is 60.2 Å². The van der Waals surface area contributed by atoms with Gasteiger partial charge in [0.05, 0.1) is 0 Å². The van der Waals surface area contributed by atoms with Crippen LogP contribution in [0.5, 0.6) is 0 Å². The number of carbonyl (C=O) groups excluding carboxylic acids is 1. The first-order valence-corrected chi connectivity index (χ1v) is 9.97. The summed E-state index contributed by atoms with van der Waals surface area (Å²) in [5.41, 5.74) is 7.41. The minimum absolute atomic E-state index is 0.115. The van der Waals surface area contributed by atoms with Gasteiger partial charge in [-0.1, -0.05) is 18.2 Å². The van der Waals surface area contributed by atoms with Crippen molar-refractivity contribution in [3.8, 4) is 0 Å². The topological polar surface area (TPSA) is 119 Å². The van der Waals surface area contributed by atoms with E-state index in [1.54, 1.807) is 6.20 Å². The summed E-state index contributed by atoms with van der Waals surface area (Å²) < 4.78 is 0. The van der Waals surface area contributed by atoms with Crippen molar-refractivity contribution in [2.75, 3.05) is 54.8 Å². The van der Waals surface area contributed by atoms with Gasteiger partial charge in [0.2, 0.25) is 5.95 Å². The van der Waals surface area contributed by atoms with Crippen LogP contribution in [0.25, 0.3) is 0 Å². The van der Waals surface area contributed by atoms with E-state index in [2.05, 4.69) is 25.5 Å². The highest BCUT2D eigenvalue weighted by Gasteiger charge is 2.18. The van der Waals surface area contributed by atoms with Crippen LogP contribution < -0.4 is 26.8 Å². The third-order valence-corrected chi connectivity index (χ3v) is 5.01. The van der Waals surface area contributed by atoms with E-state index in [-0.39, 0.29) is 11.5 Å². The molecule has 2 amide bonds. The Bertz CT molecular complexity index is 883. The van der Waals surface area contributed by atoms with Crippen molar-refractivity contribution in [3.63, 3.8) is 0 Å². The Morgan fingerprint density at radius 2 is 2.03 bits per heavy atom. The van der Waals surface area contributed by atoms with Gasteiger partial charge in [0.25, 0.3) is 5.56 Å². The highest BCUT2D eigenvalue weighted by Crippen LogP contribution is 2.14. The van der Waals surface area contributed by atoms with E-state index >= 15 is 0 Å². The number of hydrogen-bond donors (Lipinski definition) is 4. The summed E-state index contributed by atoms with van der Waals surface area (Å²) >= 11 is 0. The summed E-state index contributed by atoms with van der Waals surface area (Å²) in [6.45, 7) is 7.02. The third kappa shape index (κ3) is 5.78. The molecule has 5 N–H and O–H groups in total. The fraction of sp³-hybridized carbons (Fsp3) is 0.450. The monoisotopic (exact) mass is 399 g/mol. The molecule has 3 rings (SSSR count). The average molecular weight is 399 g/mol. The smallest absolute Gasteiger partial charge is 0.326 e. The third-order valence-electron chi connectivity index (χ3n) is 5.01. The number of hydrogen-bond acceptors (Lipinski definition) is 6. The normalized spacial score (nSPS) is 15.0. The molecule has 0 radical (unpaired) electrons. The second-order valence-electron chi connectivity index (χ2n) is 7.16. The van der Waals surface area contributed by atoms with Crippen LogP contribution in [-0.2, 0) is 0 Å². The van der Waals surface area contributed by atoms with Crippen molar-refractivity contribution in [2.24, 2.45) is 5.73 Å². The van der Waals surface area contributed by atoms with Crippen molar-refractivity contribution in [1.82, 2.24) is 14.9 Å². The molecule has 1 aromatic heterocycles. The Labute approximate surface area is 170 Å². The lowest BCUT2D eigenvalue weighted by molar-refractivity contribution is 0.262. The summed E-state index contributed by atoms with van der Waals surface area (Å²) in [6.07, 6.45) is 3.57. The summed E-state index contributed by atoms with van der Waals surface area (Å²) in [5, 5.41) is 5.32. The van der Waals surface area contributed by atoms with Crippen molar-refractivity contribution >= 4 is 23.4 Å². The molecule has 0 saturated carbocycles. The molecule has 9 heteroatoms. The molecule has 156 valence electrons. The van der Waals surface area contributed by atoms with E-state index in [9.17, 15) is 9.59 Å². The van der Waals surface area contributed by atoms with E-state index in [0.717, 1.165) is 51.1 Å². The van der Waals surface area contributed by atoms with E-state index in [0.29, 0.717) is 17.9 Å². The molecule has 0 spiro atoms. The van der Waals surface area contributed by atoms with Gasteiger partial charge in [0.1, 0.15) is 5.69 Å². The van der Waals surface area contributed by atoms with E-state index in [4.69, 9.17) is 5.73 Å². The van der Waals surface area contributed by atoms with Crippen LogP contribution in [0.1, 0.15) is 18.4 Å². The molecule has 2 heterocycles. The number of aryl methyl sites for hydroxylation is 1. The van der Waals surface area contributed by atoms with E-state index < -0.39 is 6.03 Å². The molecule has 0 atom stereocenters. The first kappa shape index (κ1) is 20.8. The molecule has 1 aromatic carbocycles. The zero-order chi connectivity index (χ0) is 20.6. The Morgan fingerprint density at radius 1 is 1.21 bits per heavy atom. The largest absolute Gasteiger partial charge is 0.364 e. The highest BCUT2D eigenvalue weighted by molar-refractivity contribution is 5.99.